The van der Waals surface area contributed by atoms with Crippen LogP contribution in [-0.2, 0) is 25.6 Å². The van der Waals surface area contributed by atoms with Gasteiger partial charge in [0.1, 0.15) is 18.1 Å². The molecular formula is C28H42N8O5. The van der Waals surface area contributed by atoms with E-state index in [2.05, 4.69) is 20.9 Å². The van der Waals surface area contributed by atoms with Gasteiger partial charge in [-0.05, 0) is 35.1 Å². The summed E-state index contributed by atoms with van der Waals surface area (Å²) >= 11 is 0. The molecule has 0 bridgehead atoms. The van der Waals surface area contributed by atoms with Crippen LogP contribution in [0, 0.1) is 5.92 Å². The van der Waals surface area contributed by atoms with Gasteiger partial charge in [-0.25, -0.2) is 0 Å². The molecule has 0 radical (unpaired) electrons. The smallest absolute Gasteiger partial charge is 0.243 e. The molecule has 41 heavy (non-hydrogen) atoms. The minimum Gasteiger partial charge on any atom is -0.394 e. The molecule has 0 aliphatic carbocycles. The molecule has 0 saturated carbocycles. The van der Waals surface area contributed by atoms with Gasteiger partial charge in [0, 0.05) is 13.0 Å². The number of primary amides is 1. The van der Waals surface area contributed by atoms with Crippen LogP contribution in [0.1, 0.15) is 38.7 Å². The largest absolute Gasteiger partial charge is 0.394 e. The Morgan fingerprint density at radius 3 is 2.20 bits per heavy atom. The first-order valence-electron chi connectivity index (χ1n) is 13.6. The fourth-order valence-corrected chi connectivity index (χ4v) is 4.25. The molecule has 0 fully saturated rings. The maximum absolute atomic E-state index is 13.6. The highest BCUT2D eigenvalue weighted by atomic mass is 16.3. The summed E-state index contributed by atoms with van der Waals surface area (Å²) in [5.74, 6) is -3.12. The molecule has 4 amide bonds. The van der Waals surface area contributed by atoms with Crippen molar-refractivity contribution in [1.82, 2.24) is 16.0 Å². The van der Waals surface area contributed by atoms with Crippen molar-refractivity contribution in [3.05, 3.63) is 48.0 Å². The second-order valence-electron chi connectivity index (χ2n) is 9.98. The van der Waals surface area contributed by atoms with Crippen molar-refractivity contribution in [2.75, 3.05) is 13.2 Å². The lowest BCUT2D eigenvalue weighted by molar-refractivity contribution is -0.134. The Morgan fingerprint density at radius 2 is 1.56 bits per heavy atom. The van der Waals surface area contributed by atoms with E-state index in [4.69, 9.17) is 22.9 Å². The number of carbonyl (C=O) groups is 4. The first-order valence-corrected chi connectivity index (χ1v) is 13.6. The molecule has 5 atom stereocenters. The van der Waals surface area contributed by atoms with Crippen molar-refractivity contribution in [3.8, 4) is 0 Å². The number of aliphatic imine (C=N–C) groups is 1. The molecule has 0 aliphatic rings. The van der Waals surface area contributed by atoms with Gasteiger partial charge in [0.2, 0.25) is 23.6 Å². The Kier molecular flexibility index (Phi) is 13.0. The molecule has 0 unspecified atom stereocenters. The van der Waals surface area contributed by atoms with Crippen molar-refractivity contribution in [1.29, 1.82) is 0 Å². The number of guanidine groups is 1. The topological polar surface area (TPSA) is 241 Å². The number of hydrogen-bond donors (Lipinski definition) is 8. The molecule has 2 rings (SSSR count). The summed E-state index contributed by atoms with van der Waals surface area (Å²) in [6, 6.07) is 8.79. The van der Waals surface area contributed by atoms with Crippen LogP contribution in [0.4, 0.5) is 0 Å². The molecule has 224 valence electrons. The van der Waals surface area contributed by atoms with Crippen LogP contribution in [0.25, 0.3) is 10.8 Å². The van der Waals surface area contributed by atoms with Gasteiger partial charge in [0.25, 0.3) is 0 Å². The molecule has 13 heteroatoms. The monoisotopic (exact) mass is 570 g/mol. The zero-order valence-electron chi connectivity index (χ0n) is 23.5. The minimum absolute atomic E-state index is 0.0558. The van der Waals surface area contributed by atoms with Crippen molar-refractivity contribution < 1.29 is 24.3 Å². The highest BCUT2D eigenvalue weighted by Crippen LogP contribution is 2.20. The van der Waals surface area contributed by atoms with E-state index in [0.29, 0.717) is 25.8 Å². The third-order valence-corrected chi connectivity index (χ3v) is 6.88. The maximum atomic E-state index is 13.6. The summed E-state index contributed by atoms with van der Waals surface area (Å²) in [5.41, 5.74) is 22.7. The van der Waals surface area contributed by atoms with Crippen LogP contribution >= 0.6 is 0 Å². The van der Waals surface area contributed by atoms with Gasteiger partial charge < -0.3 is 44.0 Å². The third-order valence-electron chi connectivity index (χ3n) is 6.88. The summed E-state index contributed by atoms with van der Waals surface area (Å²) in [5, 5.41) is 19.2. The first kappa shape index (κ1) is 33.0. The Balaban J connectivity index is 2.28. The number of nitrogens with two attached hydrogens (primary N) is 4. The Labute approximate surface area is 239 Å². The van der Waals surface area contributed by atoms with Crippen molar-refractivity contribution >= 4 is 40.4 Å². The van der Waals surface area contributed by atoms with E-state index in [1.807, 2.05) is 49.4 Å². The second-order valence-corrected chi connectivity index (χ2v) is 9.98. The van der Waals surface area contributed by atoms with E-state index in [-0.39, 0.29) is 18.3 Å². The zero-order valence-corrected chi connectivity index (χ0v) is 23.5. The van der Waals surface area contributed by atoms with E-state index in [1.54, 1.807) is 6.92 Å². The maximum Gasteiger partial charge on any atom is 0.243 e. The average molecular weight is 571 g/mol. The van der Waals surface area contributed by atoms with E-state index in [1.165, 1.54) is 0 Å². The molecule has 13 nitrogen and oxygen atoms in total. The van der Waals surface area contributed by atoms with E-state index >= 15 is 0 Å². The average Bonchev–Trinajstić information content (AvgIpc) is 2.95. The van der Waals surface area contributed by atoms with E-state index in [9.17, 15) is 24.3 Å². The lowest BCUT2D eigenvalue weighted by atomic mass is 9.95. The highest BCUT2D eigenvalue weighted by molar-refractivity contribution is 5.95. The number of hydrogen-bond acceptors (Lipinski definition) is 7. The number of aliphatic hydroxyl groups excluding tert-OH is 1. The normalized spacial score (nSPS) is 14.6. The van der Waals surface area contributed by atoms with Gasteiger partial charge in [-0.3, -0.25) is 24.2 Å². The standard InChI is InChI=1S/C28H42N8O5/c1-3-16(2)23(36-25(39)20(29)12-7-13-33-28(31)32)27(41)34-21(26(40)35-22(15-37)24(30)38)14-18-10-6-9-17-8-4-5-11-19(17)18/h4-6,8-11,16,20-23,37H,3,7,12-15,29H2,1-2H3,(H2,30,38)(H,34,41)(H,35,40)(H,36,39)(H4,31,32,33)/t16-,20-,21-,22-,23-/m0/s1. The Hall–Kier alpha value is -4.23. The van der Waals surface area contributed by atoms with Crippen LogP contribution in [0.3, 0.4) is 0 Å². The predicted molar refractivity (Wildman–Crippen MR) is 157 cm³/mol. The lowest BCUT2D eigenvalue weighted by Crippen LogP contribution is -2.59. The van der Waals surface area contributed by atoms with Crippen molar-refractivity contribution in [3.63, 3.8) is 0 Å². The fourth-order valence-electron chi connectivity index (χ4n) is 4.25. The SMILES string of the molecule is CC[C@H](C)[C@H](NC(=O)[C@@H](N)CCCN=C(N)N)C(=O)N[C@@H](Cc1cccc2ccccc12)C(=O)N[C@@H](CO)C(N)=O. The highest BCUT2D eigenvalue weighted by Gasteiger charge is 2.32. The number of nitrogens with one attached hydrogen (secondary N) is 3. The van der Waals surface area contributed by atoms with Crippen LogP contribution in [0.5, 0.6) is 0 Å². The van der Waals surface area contributed by atoms with Gasteiger partial charge in [0.15, 0.2) is 5.96 Å². The third kappa shape index (κ3) is 10.0. The fraction of sp³-hybridized carbons (Fsp3) is 0.464. The quantitative estimate of drug-likeness (QED) is 0.0686. The number of carbonyl (C=O) groups excluding carboxylic acids is 4. The van der Waals surface area contributed by atoms with E-state index in [0.717, 1.165) is 16.3 Å². The number of fused-ring (bicyclic) bond motifs is 1. The Morgan fingerprint density at radius 1 is 0.902 bits per heavy atom. The summed E-state index contributed by atoms with van der Waals surface area (Å²) in [6.45, 7) is 3.26. The summed E-state index contributed by atoms with van der Waals surface area (Å²) < 4.78 is 0. The second kappa shape index (κ2) is 16.1. The minimum atomic E-state index is -1.34. The van der Waals surface area contributed by atoms with Gasteiger partial charge in [-0.2, -0.15) is 0 Å². The Bertz CT molecular complexity index is 1230. The van der Waals surface area contributed by atoms with Gasteiger partial charge >= 0.3 is 0 Å². The lowest BCUT2D eigenvalue weighted by Gasteiger charge is -2.28. The molecular weight excluding hydrogens is 528 g/mol. The van der Waals surface area contributed by atoms with Crippen molar-refractivity contribution in [2.24, 2.45) is 33.8 Å². The summed E-state index contributed by atoms with van der Waals surface area (Å²) in [7, 11) is 0. The van der Waals surface area contributed by atoms with Crippen molar-refractivity contribution in [2.45, 2.75) is 63.7 Å². The molecule has 0 heterocycles. The molecule has 12 N–H and O–H groups in total. The number of nitrogens with zero attached hydrogens (tertiary/aromatic N) is 1. The summed E-state index contributed by atoms with van der Waals surface area (Å²) in [6.07, 6.45) is 1.37. The first-order chi connectivity index (χ1) is 19.5. The molecule has 2 aromatic carbocycles. The van der Waals surface area contributed by atoms with Crippen LogP contribution in [0.15, 0.2) is 47.5 Å². The van der Waals surface area contributed by atoms with Crippen LogP contribution in [-0.4, -0.2) is 72.0 Å². The van der Waals surface area contributed by atoms with Gasteiger partial charge in [-0.15, -0.1) is 0 Å². The van der Waals surface area contributed by atoms with Crippen LogP contribution < -0.4 is 38.9 Å². The number of benzene rings is 2. The number of amides is 4. The van der Waals surface area contributed by atoms with Crippen LogP contribution in [0.2, 0.25) is 0 Å². The zero-order chi connectivity index (χ0) is 30.5. The van der Waals surface area contributed by atoms with Gasteiger partial charge in [0.05, 0.1) is 12.6 Å². The predicted octanol–water partition coefficient (Wildman–Crippen LogP) is -1.26. The molecule has 0 aromatic heterocycles. The molecule has 0 spiro atoms. The summed E-state index contributed by atoms with van der Waals surface area (Å²) in [4.78, 5) is 55.3. The number of aliphatic hydroxyl groups is 1. The molecule has 0 aliphatic heterocycles. The molecule has 0 saturated heterocycles. The molecule has 2 aromatic rings. The van der Waals surface area contributed by atoms with Gasteiger partial charge in [-0.1, -0.05) is 62.7 Å². The van der Waals surface area contributed by atoms with E-state index < -0.39 is 54.4 Å². The number of rotatable bonds is 16.